The van der Waals surface area contributed by atoms with Crippen LogP contribution in [0, 0.1) is 0 Å². The molecule has 15 heavy (non-hydrogen) atoms. The molecule has 1 aromatic carbocycles. The normalized spacial score (nSPS) is 25.8. The van der Waals surface area contributed by atoms with Crippen molar-refractivity contribution in [1.29, 1.82) is 0 Å². The molecule has 2 aliphatic rings. The van der Waals surface area contributed by atoms with Gasteiger partial charge < -0.3 is 0 Å². The largest absolute Gasteiger partial charge is 0.296 e. The van der Waals surface area contributed by atoms with E-state index in [2.05, 4.69) is 39.0 Å². The van der Waals surface area contributed by atoms with Crippen molar-refractivity contribution < 1.29 is 0 Å². The fourth-order valence-electron chi connectivity index (χ4n) is 2.79. The number of hydrogen-bond donors (Lipinski definition) is 0. The van der Waals surface area contributed by atoms with E-state index in [-0.39, 0.29) is 0 Å². The lowest BCUT2D eigenvalue weighted by atomic mass is 9.85. The van der Waals surface area contributed by atoms with Gasteiger partial charge in [-0.2, -0.15) is 0 Å². The summed E-state index contributed by atoms with van der Waals surface area (Å²) < 4.78 is 1.23. The summed E-state index contributed by atoms with van der Waals surface area (Å²) in [6, 6.07) is 7.54. The summed E-state index contributed by atoms with van der Waals surface area (Å²) in [6.45, 7) is 2.61. The van der Waals surface area contributed by atoms with Gasteiger partial charge in [0.25, 0.3) is 0 Å². The fourth-order valence-corrected chi connectivity index (χ4v) is 3.20. The second-order valence-corrected chi connectivity index (χ2v) is 5.56. The Bertz CT molecular complexity index is 371. The van der Waals surface area contributed by atoms with Gasteiger partial charge in [-0.05, 0) is 62.0 Å². The molecule has 80 valence electrons. The van der Waals surface area contributed by atoms with E-state index in [0.29, 0.717) is 0 Å². The molecule has 0 saturated carbocycles. The molecule has 0 amide bonds. The monoisotopic (exact) mass is 265 g/mol. The second-order valence-electron chi connectivity index (χ2n) is 4.64. The zero-order valence-electron chi connectivity index (χ0n) is 8.88. The van der Waals surface area contributed by atoms with Crippen molar-refractivity contribution in [3.05, 3.63) is 33.8 Å². The van der Waals surface area contributed by atoms with E-state index in [1.165, 1.54) is 43.2 Å². The maximum absolute atomic E-state index is 3.56. The summed E-state index contributed by atoms with van der Waals surface area (Å²) in [5.74, 6) is 0. The second kappa shape index (κ2) is 3.91. The smallest absolute Gasteiger partial charge is 0.0350 e. The van der Waals surface area contributed by atoms with Crippen molar-refractivity contribution >= 4 is 15.9 Å². The van der Waals surface area contributed by atoms with Crippen molar-refractivity contribution in [2.24, 2.45) is 0 Å². The summed E-state index contributed by atoms with van der Waals surface area (Å²) in [4.78, 5) is 2.63. The van der Waals surface area contributed by atoms with Crippen LogP contribution >= 0.6 is 15.9 Å². The standard InChI is InChI=1S/C13H16BrN/c14-11-5-6-12-10(9-11)3-1-4-13(12)15-7-2-8-15/h5-6,9,13H,1-4,7-8H2. The molecular formula is C13H16BrN. The van der Waals surface area contributed by atoms with Crippen molar-refractivity contribution in [2.75, 3.05) is 13.1 Å². The van der Waals surface area contributed by atoms with Crippen LogP contribution in [-0.4, -0.2) is 18.0 Å². The first-order valence-corrected chi connectivity index (χ1v) is 6.66. The molecule has 1 atom stereocenters. The fraction of sp³-hybridized carbons (Fsp3) is 0.538. The van der Waals surface area contributed by atoms with E-state index in [9.17, 15) is 0 Å². The molecule has 1 fully saturated rings. The zero-order valence-corrected chi connectivity index (χ0v) is 10.5. The van der Waals surface area contributed by atoms with Crippen molar-refractivity contribution in [1.82, 2.24) is 4.90 Å². The number of benzene rings is 1. The third-order valence-electron chi connectivity index (χ3n) is 3.72. The molecule has 0 spiro atoms. The van der Waals surface area contributed by atoms with Gasteiger partial charge in [0.05, 0.1) is 0 Å². The minimum absolute atomic E-state index is 0.718. The minimum Gasteiger partial charge on any atom is -0.296 e. The highest BCUT2D eigenvalue weighted by Crippen LogP contribution is 2.37. The summed E-state index contributed by atoms with van der Waals surface area (Å²) in [7, 11) is 0. The minimum atomic E-state index is 0.718. The number of rotatable bonds is 1. The van der Waals surface area contributed by atoms with Crippen LogP contribution < -0.4 is 0 Å². The van der Waals surface area contributed by atoms with E-state index < -0.39 is 0 Å². The number of fused-ring (bicyclic) bond motifs is 1. The summed E-state index contributed by atoms with van der Waals surface area (Å²) in [5.41, 5.74) is 3.15. The first-order valence-electron chi connectivity index (χ1n) is 5.87. The molecule has 0 bridgehead atoms. The lowest BCUT2D eigenvalue weighted by molar-refractivity contribution is 0.105. The highest BCUT2D eigenvalue weighted by atomic mass is 79.9. The number of hydrogen-bond acceptors (Lipinski definition) is 1. The number of halogens is 1. The van der Waals surface area contributed by atoms with E-state index in [1.54, 1.807) is 11.1 Å². The first-order chi connectivity index (χ1) is 7.34. The Morgan fingerprint density at radius 2 is 2.07 bits per heavy atom. The van der Waals surface area contributed by atoms with E-state index in [1.807, 2.05) is 0 Å². The van der Waals surface area contributed by atoms with Crippen LogP contribution in [0.25, 0.3) is 0 Å². The average Bonchev–Trinajstić information content (AvgIpc) is 2.15. The number of likely N-dealkylation sites (tertiary alicyclic amines) is 1. The van der Waals surface area contributed by atoms with Gasteiger partial charge in [0.2, 0.25) is 0 Å². The van der Waals surface area contributed by atoms with Crippen LogP contribution in [0.4, 0.5) is 0 Å². The highest BCUT2D eigenvalue weighted by molar-refractivity contribution is 9.10. The van der Waals surface area contributed by atoms with E-state index in [4.69, 9.17) is 0 Å². The van der Waals surface area contributed by atoms with Crippen LogP contribution in [0.5, 0.6) is 0 Å². The predicted molar refractivity (Wildman–Crippen MR) is 66.0 cm³/mol. The Labute approximate surface area is 99.6 Å². The molecule has 1 heterocycles. The lowest BCUT2D eigenvalue weighted by Crippen LogP contribution is -2.41. The van der Waals surface area contributed by atoms with Gasteiger partial charge in [0.15, 0.2) is 0 Å². The van der Waals surface area contributed by atoms with Crippen LogP contribution in [0.1, 0.15) is 36.4 Å². The van der Waals surface area contributed by atoms with Gasteiger partial charge in [-0.3, -0.25) is 4.90 Å². The maximum atomic E-state index is 3.56. The molecule has 2 heteroatoms. The molecule has 0 radical (unpaired) electrons. The van der Waals surface area contributed by atoms with Gasteiger partial charge in [0, 0.05) is 10.5 Å². The third kappa shape index (κ3) is 1.74. The van der Waals surface area contributed by atoms with Crippen LogP contribution in [-0.2, 0) is 6.42 Å². The van der Waals surface area contributed by atoms with Crippen LogP contribution in [0.3, 0.4) is 0 Å². The molecule has 1 aliphatic carbocycles. The van der Waals surface area contributed by atoms with Gasteiger partial charge in [-0.15, -0.1) is 0 Å². The van der Waals surface area contributed by atoms with Crippen LogP contribution in [0.2, 0.25) is 0 Å². The van der Waals surface area contributed by atoms with Crippen molar-refractivity contribution in [3.8, 4) is 0 Å². The number of aryl methyl sites for hydroxylation is 1. The molecule has 1 aromatic rings. The Hall–Kier alpha value is -0.340. The zero-order chi connectivity index (χ0) is 10.3. The Kier molecular flexibility index (Phi) is 2.57. The predicted octanol–water partition coefficient (Wildman–Crippen LogP) is 3.53. The van der Waals surface area contributed by atoms with Gasteiger partial charge in [0.1, 0.15) is 0 Å². The molecule has 1 aliphatic heterocycles. The maximum Gasteiger partial charge on any atom is 0.0350 e. The molecule has 1 saturated heterocycles. The summed E-state index contributed by atoms with van der Waals surface area (Å²) in [5, 5.41) is 0. The lowest BCUT2D eigenvalue weighted by Gasteiger charge is -2.41. The molecular weight excluding hydrogens is 250 g/mol. The van der Waals surface area contributed by atoms with E-state index in [0.717, 1.165) is 6.04 Å². The number of nitrogens with zero attached hydrogens (tertiary/aromatic N) is 1. The Morgan fingerprint density at radius 3 is 2.80 bits per heavy atom. The van der Waals surface area contributed by atoms with Gasteiger partial charge in [-0.1, -0.05) is 22.0 Å². The third-order valence-corrected chi connectivity index (χ3v) is 4.21. The Balaban J connectivity index is 1.95. The van der Waals surface area contributed by atoms with Gasteiger partial charge >= 0.3 is 0 Å². The highest BCUT2D eigenvalue weighted by Gasteiger charge is 2.28. The summed E-state index contributed by atoms with van der Waals surface area (Å²) in [6.07, 6.45) is 5.36. The SMILES string of the molecule is Brc1ccc2c(c1)CCCC2N1CCC1. The van der Waals surface area contributed by atoms with Crippen LogP contribution in [0.15, 0.2) is 22.7 Å². The molecule has 1 unspecified atom stereocenters. The molecule has 0 N–H and O–H groups in total. The summed E-state index contributed by atoms with van der Waals surface area (Å²) >= 11 is 3.56. The quantitative estimate of drug-likeness (QED) is 0.751. The molecule has 1 nitrogen and oxygen atoms in total. The Morgan fingerprint density at radius 1 is 1.20 bits per heavy atom. The molecule has 0 aromatic heterocycles. The van der Waals surface area contributed by atoms with Crippen molar-refractivity contribution in [2.45, 2.75) is 31.7 Å². The topological polar surface area (TPSA) is 3.24 Å². The first kappa shape index (κ1) is 9.86. The van der Waals surface area contributed by atoms with Gasteiger partial charge in [-0.25, -0.2) is 0 Å². The molecule has 3 rings (SSSR count). The van der Waals surface area contributed by atoms with Crippen molar-refractivity contribution in [3.63, 3.8) is 0 Å². The van der Waals surface area contributed by atoms with E-state index >= 15 is 0 Å². The average molecular weight is 266 g/mol.